The van der Waals surface area contributed by atoms with Crippen LogP contribution in [0.1, 0.15) is 30.2 Å². The van der Waals surface area contributed by atoms with Crippen LogP contribution in [0, 0.1) is 24.0 Å². The molecule has 0 bridgehead atoms. The molecule has 0 saturated heterocycles. The van der Waals surface area contributed by atoms with Gasteiger partial charge in [-0.15, -0.1) is 0 Å². The van der Waals surface area contributed by atoms with E-state index in [-0.39, 0.29) is 10.6 Å². The van der Waals surface area contributed by atoms with Crippen LogP contribution in [0.2, 0.25) is 0 Å². The molecule has 0 aliphatic rings. The van der Waals surface area contributed by atoms with Gasteiger partial charge in [-0.1, -0.05) is 31.2 Å². The van der Waals surface area contributed by atoms with E-state index in [0.717, 1.165) is 17.5 Å². The Kier molecular flexibility index (Phi) is 4.57. The first-order chi connectivity index (χ1) is 10.0. The van der Waals surface area contributed by atoms with Crippen LogP contribution in [-0.2, 0) is 13.1 Å². The number of hydrogen-bond donors (Lipinski definition) is 1. The number of nitrogens with one attached hydrogen (secondary N) is 1. The molecule has 1 aromatic carbocycles. The maximum absolute atomic E-state index is 11.3. The highest BCUT2D eigenvalue weighted by molar-refractivity contribution is 5.59. The molecule has 1 heterocycles. The third kappa shape index (κ3) is 3.21. The lowest BCUT2D eigenvalue weighted by atomic mass is 10.1. The molecule has 0 aliphatic heterocycles. The molecular weight excluding hydrogens is 268 g/mol. The summed E-state index contributed by atoms with van der Waals surface area (Å²) in [6.07, 6.45) is 0.872. The first-order valence-electron chi connectivity index (χ1n) is 7.04. The molecule has 1 aromatic heterocycles. The van der Waals surface area contributed by atoms with E-state index in [9.17, 15) is 10.1 Å². The molecule has 0 saturated carbocycles. The Labute approximate surface area is 123 Å². The molecule has 6 nitrogen and oxygen atoms in total. The molecular formula is C15H20N4O2. The van der Waals surface area contributed by atoms with Crippen LogP contribution in [0.4, 0.5) is 11.5 Å². The van der Waals surface area contributed by atoms with Gasteiger partial charge in [0.15, 0.2) is 0 Å². The molecule has 2 rings (SSSR count). The standard InChI is InChI=1S/C15H20N4O2/c1-4-9-18-15(14(19(20)21)12(3)17-18)16-10-13-8-6-5-7-11(13)2/h5-8,16H,4,9-10H2,1-3H3. The van der Waals surface area contributed by atoms with Crippen molar-refractivity contribution >= 4 is 11.5 Å². The summed E-state index contributed by atoms with van der Waals surface area (Å²) in [5.74, 6) is 0.489. The van der Waals surface area contributed by atoms with Crippen molar-refractivity contribution < 1.29 is 4.92 Å². The maximum atomic E-state index is 11.3. The normalized spacial score (nSPS) is 10.6. The van der Waals surface area contributed by atoms with Gasteiger partial charge < -0.3 is 5.32 Å². The minimum absolute atomic E-state index is 0.0667. The summed E-state index contributed by atoms with van der Waals surface area (Å²) >= 11 is 0. The summed E-state index contributed by atoms with van der Waals surface area (Å²) in [5.41, 5.74) is 2.79. The maximum Gasteiger partial charge on any atom is 0.333 e. The highest BCUT2D eigenvalue weighted by Gasteiger charge is 2.24. The molecule has 0 spiro atoms. The van der Waals surface area contributed by atoms with E-state index in [0.29, 0.717) is 24.6 Å². The average molecular weight is 288 g/mol. The molecule has 21 heavy (non-hydrogen) atoms. The average Bonchev–Trinajstić information content (AvgIpc) is 2.74. The van der Waals surface area contributed by atoms with Gasteiger partial charge in [0.05, 0.1) is 4.92 Å². The molecule has 0 unspecified atom stereocenters. The van der Waals surface area contributed by atoms with Crippen molar-refractivity contribution in [1.29, 1.82) is 0 Å². The van der Waals surface area contributed by atoms with Crippen LogP contribution in [0.3, 0.4) is 0 Å². The third-order valence-electron chi connectivity index (χ3n) is 3.42. The number of hydrogen-bond acceptors (Lipinski definition) is 4. The van der Waals surface area contributed by atoms with Gasteiger partial charge in [0.25, 0.3) is 0 Å². The van der Waals surface area contributed by atoms with E-state index in [1.807, 2.05) is 38.1 Å². The summed E-state index contributed by atoms with van der Waals surface area (Å²) in [6.45, 7) is 6.92. The zero-order valence-corrected chi connectivity index (χ0v) is 12.6. The van der Waals surface area contributed by atoms with E-state index in [1.54, 1.807) is 11.6 Å². The van der Waals surface area contributed by atoms with E-state index in [2.05, 4.69) is 10.4 Å². The Morgan fingerprint density at radius 3 is 2.67 bits per heavy atom. The van der Waals surface area contributed by atoms with Crippen molar-refractivity contribution in [3.63, 3.8) is 0 Å². The molecule has 0 atom stereocenters. The monoisotopic (exact) mass is 288 g/mol. The third-order valence-corrected chi connectivity index (χ3v) is 3.42. The number of anilines is 1. The van der Waals surface area contributed by atoms with Crippen molar-refractivity contribution in [2.45, 2.75) is 40.3 Å². The zero-order valence-electron chi connectivity index (χ0n) is 12.6. The second-order valence-corrected chi connectivity index (χ2v) is 5.04. The zero-order chi connectivity index (χ0) is 15.4. The molecule has 0 aliphatic carbocycles. The topological polar surface area (TPSA) is 73.0 Å². The minimum Gasteiger partial charge on any atom is -0.360 e. The van der Waals surface area contributed by atoms with Gasteiger partial charge in [-0.3, -0.25) is 10.1 Å². The number of aromatic nitrogens is 2. The van der Waals surface area contributed by atoms with E-state index in [1.165, 1.54) is 0 Å². The Bertz CT molecular complexity index is 649. The van der Waals surface area contributed by atoms with Gasteiger partial charge in [-0.05, 0) is 31.4 Å². The van der Waals surface area contributed by atoms with Crippen LogP contribution in [-0.4, -0.2) is 14.7 Å². The lowest BCUT2D eigenvalue weighted by Gasteiger charge is -2.10. The summed E-state index contributed by atoms with van der Waals surface area (Å²) in [7, 11) is 0. The SMILES string of the molecule is CCCn1nc(C)c([N+](=O)[O-])c1NCc1ccccc1C. The fourth-order valence-electron chi connectivity index (χ4n) is 2.33. The van der Waals surface area contributed by atoms with Crippen molar-refractivity contribution in [2.75, 3.05) is 5.32 Å². The number of aryl methyl sites for hydroxylation is 3. The van der Waals surface area contributed by atoms with Gasteiger partial charge in [0, 0.05) is 13.1 Å². The van der Waals surface area contributed by atoms with Gasteiger partial charge >= 0.3 is 5.69 Å². The first-order valence-corrected chi connectivity index (χ1v) is 7.04. The van der Waals surface area contributed by atoms with Crippen molar-refractivity contribution in [3.05, 3.63) is 51.2 Å². The smallest absolute Gasteiger partial charge is 0.333 e. The predicted molar refractivity (Wildman–Crippen MR) is 82.4 cm³/mol. The molecule has 6 heteroatoms. The fraction of sp³-hybridized carbons (Fsp3) is 0.400. The van der Waals surface area contributed by atoms with Crippen LogP contribution < -0.4 is 5.32 Å². The minimum atomic E-state index is -0.366. The lowest BCUT2D eigenvalue weighted by Crippen LogP contribution is -2.09. The second-order valence-electron chi connectivity index (χ2n) is 5.04. The lowest BCUT2D eigenvalue weighted by molar-refractivity contribution is -0.384. The Hall–Kier alpha value is -2.37. The number of nitro groups is 1. The Morgan fingerprint density at radius 2 is 2.05 bits per heavy atom. The van der Waals surface area contributed by atoms with Gasteiger partial charge in [-0.2, -0.15) is 5.10 Å². The summed E-state index contributed by atoms with van der Waals surface area (Å²) < 4.78 is 1.69. The quantitative estimate of drug-likeness (QED) is 0.653. The predicted octanol–water partition coefficient (Wildman–Crippen LogP) is 3.43. The molecule has 0 amide bonds. The van der Waals surface area contributed by atoms with Gasteiger partial charge in [0.1, 0.15) is 5.69 Å². The van der Waals surface area contributed by atoms with Crippen molar-refractivity contribution in [2.24, 2.45) is 0 Å². The summed E-state index contributed by atoms with van der Waals surface area (Å²) in [6, 6.07) is 7.99. The van der Waals surface area contributed by atoms with Crippen LogP contribution in [0.5, 0.6) is 0 Å². The second kappa shape index (κ2) is 6.39. The van der Waals surface area contributed by atoms with Crippen molar-refractivity contribution in [3.8, 4) is 0 Å². The molecule has 1 N–H and O–H groups in total. The van der Waals surface area contributed by atoms with Crippen LogP contribution >= 0.6 is 0 Å². The van der Waals surface area contributed by atoms with Crippen LogP contribution in [0.15, 0.2) is 24.3 Å². The Balaban J connectivity index is 2.29. The van der Waals surface area contributed by atoms with E-state index >= 15 is 0 Å². The van der Waals surface area contributed by atoms with Gasteiger partial charge in [0.2, 0.25) is 5.82 Å². The van der Waals surface area contributed by atoms with Crippen LogP contribution in [0.25, 0.3) is 0 Å². The molecule has 2 aromatic rings. The summed E-state index contributed by atoms with van der Waals surface area (Å²) in [4.78, 5) is 10.9. The molecule has 0 radical (unpaired) electrons. The van der Waals surface area contributed by atoms with E-state index in [4.69, 9.17) is 0 Å². The highest BCUT2D eigenvalue weighted by atomic mass is 16.6. The largest absolute Gasteiger partial charge is 0.360 e. The van der Waals surface area contributed by atoms with Gasteiger partial charge in [-0.25, -0.2) is 4.68 Å². The van der Waals surface area contributed by atoms with Crippen molar-refractivity contribution in [1.82, 2.24) is 9.78 Å². The number of benzene rings is 1. The first kappa shape index (κ1) is 15.0. The molecule has 112 valence electrons. The summed E-state index contributed by atoms with van der Waals surface area (Å²) in [5, 5.41) is 18.7. The Morgan fingerprint density at radius 1 is 1.33 bits per heavy atom. The van der Waals surface area contributed by atoms with E-state index < -0.39 is 0 Å². The highest BCUT2D eigenvalue weighted by Crippen LogP contribution is 2.29. The molecule has 0 fully saturated rings. The number of nitrogens with zero attached hydrogens (tertiary/aromatic N) is 3. The number of rotatable bonds is 6. The fourth-order valence-corrected chi connectivity index (χ4v) is 2.33.